The van der Waals surface area contributed by atoms with E-state index in [1.807, 2.05) is 91.0 Å². The first-order chi connectivity index (χ1) is 39.1. The van der Waals surface area contributed by atoms with E-state index in [0.717, 1.165) is 122 Å². The summed E-state index contributed by atoms with van der Waals surface area (Å²) in [6, 6.07) is 78.3. The van der Waals surface area contributed by atoms with E-state index >= 15 is 0 Å². The molecule has 14 aromatic rings. The zero-order valence-corrected chi connectivity index (χ0v) is 44.9. The van der Waals surface area contributed by atoms with Crippen molar-refractivity contribution in [2.75, 3.05) is 9.80 Å². The predicted molar refractivity (Wildman–Crippen MR) is 329 cm³/mol. The molecular weight excluding hydrogens is 983 g/mol. The molecule has 0 aliphatic rings. The van der Waals surface area contributed by atoms with E-state index in [4.69, 9.17) is 13.6 Å². The number of nitriles is 1. The number of nitrogens with zero attached hydrogens (tertiary/aromatic N) is 3. The molecule has 0 aliphatic carbocycles. The Balaban J connectivity index is 1.11. The summed E-state index contributed by atoms with van der Waals surface area (Å²) in [7, 11) is 0. The van der Waals surface area contributed by atoms with E-state index in [9.17, 15) is 10.1 Å². The number of ether oxygens (including phenoxy) is 1. The molecule has 12 aromatic carbocycles. The topological polar surface area (TPSA) is 82.9 Å². The van der Waals surface area contributed by atoms with Crippen molar-refractivity contribution in [3.63, 3.8) is 0 Å². The number of hydrogen-bond donors (Lipinski definition) is 0. The molecule has 0 saturated carbocycles. The summed E-state index contributed by atoms with van der Waals surface area (Å²) >= 11 is 0. The lowest BCUT2D eigenvalue weighted by Gasteiger charge is -2.32. The molecule has 384 valence electrons. The minimum atomic E-state index is -0.393. The molecule has 0 N–H and O–H groups in total. The highest BCUT2D eigenvalue weighted by atomic mass is 16.5. The molecular formula is C73H53N3O4. The molecule has 0 saturated heterocycles. The summed E-state index contributed by atoms with van der Waals surface area (Å²) < 4.78 is 19.8. The van der Waals surface area contributed by atoms with Crippen LogP contribution in [0.2, 0.25) is 0 Å². The van der Waals surface area contributed by atoms with Gasteiger partial charge >= 0.3 is 5.97 Å². The Hall–Kier alpha value is -10.2. The van der Waals surface area contributed by atoms with Gasteiger partial charge in [-0.15, -0.1) is 0 Å². The molecule has 0 spiro atoms. The maximum atomic E-state index is 12.7. The molecule has 0 unspecified atom stereocenters. The number of furan rings is 2. The third-order valence-corrected chi connectivity index (χ3v) is 15.9. The lowest BCUT2D eigenvalue weighted by molar-refractivity contribution is -0.131. The number of fused-ring (bicyclic) bond motifs is 6. The molecule has 0 atom stereocenters. The Kier molecular flexibility index (Phi) is 11.5. The van der Waals surface area contributed by atoms with Crippen molar-refractivity contribution in [1.29, 1.82) is 5.26 Å². The molecule has 14 rings (SSSR count). The van der Waals surface area contributed by atoms with Gasteiger partial charge in [-0.3, -0.25) is 4.79 Å². The van der Waals surface area contributed by atoms with Crippen LogP contribution >= 0.6 is 0 Å². The van der Waals surface area contributed by atoms with Crippen LogP contribution in [0.1, 0.15) is 63.1 Å². The van der Waals surface area contributed by atoms with Crippen LogP contribution in [0.3, 0.4) is 0 Å². The van der Waals surface area contributed by atoms with Crippen LogP contribution in [0.5, 0.6) is 5.75 Å². The lowest BCUT2D eigenvalue weighted by Crippen LogP contribution is -2.14. The van der Waals surface area contributed by atoms with Crippen LogP contribution in [0.15, 0.2) is 227 Å². The van der Waals surface area contributed by atoms with E-state index in [2.05, 4.69) is 171 Å². The van der Waals surface area contributed by atoms with Crippen LogP contribution in [0.4, 0.5) is 34.1 Å². The molecule has 2 heterocycles. The van der Waals surface area contributed by atoms with Crippen molar-refractivity contribution in [1.82, 2.24) is 0 Å². The average Bonchev–Trinajstić information content (AvgIpc) is 4.21. The van der Waals surface area contributed by atoms with Crippen molar-refractivity contribution in [3.8, 4) is 34.1 Å². The second-order valence-electron chi connectivity index (χ2n) is 21.4. The maximum absolute atomic E-state index is 12.7. The summed E-state index contributed by atoms with van der Waals surface area (Å²) in [5.41, 5.74) is 15.1. The van der Waals surface area contributed by atoms with Gasteiger partial charge in [0.05, 0.1) is 34.4 Å². The second kappa shape index (κ2) is 19.1. The first-order valence-corrected chi connectivity index (χ1v) is 27.3. The van der Waals surface area contributed by atoms with Crippen molar-refractivity contribution in [2.24, 2.45) is 0 Å². The molecule has 7 heteroatoms. The molecule has 80 heavy (non-hydrogen) atoms. The molecule has 0 radical (unpaired) electrons. The Bertz CT molecular complexity index is 4810. The van der Waals surface area contributed by atoms with Gasteiger partial charge in [-0.2, -0.15) is 5.26 Å². The number of para-hydroxylation sites is 4. The predicted octanol–water partition coefficient (Wildman–Crippen LogP) is 20.7. The van der Waals surface area contributed by atoms with E-state index in [0.29, 0.717) is 11.3 Å². The van der Waals surface area contributed by atoms with E-state index < -0.39 is 5.97 Å². The number of esters is 1. The van der Waals surface area contributed by atoms with E-state index in [1.54, 1.807) is 0 Å². The fraction of sp³-hybridized carbons (Fsp3) is 0.0959. The van der Waals surface area contributed by atoms with Crippen molar-refractivity contribution < 1.29 is 18.4 Å². The van der Waals surface area contributed by atoms with Gasteiger partial charge in [0.1, 0.15) is 16.9 Å². The quantitative estimate of drug-likeness (QED) is 0.0725. The molecule has 0 fully saturated rings. The first-order valence-electron chi connectivity index (χ1n) is 27.3. The largest absolute Gasteiger partial charge is 0.454 e. The maximum Gasteiger partial charge on any atom is 0.308 e. The van der Waals surface area contributed by atoms with Gasteiger partial charge in [0, 0.05) is 61.7 Å². The highest BCUT2D eigenvalue weighted by Crippen LogP contribution is 2.54. The molecule has 0 amide bonds. The summed E-state index contributed by atoms with van der Waals surface area (Å²) in [5.74, 6) is 0.328. The SMILES string of the molecule is CC(=O)Oc1ccc(N(c2cc(C(C)C)c3ccc4c(N(c5ccc(C#N)c(-c6ccccc6)c5)c5cccc6c5oc5ccccc56)cc(C(C)C)c5ccc2c3c54)c2cccc3c2oc2ccccc23)cc1-c1ccccc1. The molecule has 0 aliphatic heterocycles. The molecule has 2 aromatic heterocycles. The van der Waals surface area contributed by atoms with Crippen LogP contribution < -0.4 is 14.5 Å². The number of rotatable bonds is 11. The van der Waals surface area contributed by atoms with Crippen LogP contribution in [0.25, 0.3) is 98.4 Å². The number of anilines is 6. The zero-order chi connectivity index (χ0) is 54.3. The van der Waals surface area contributed by atoms with Crippen LogP contribution in [-0.2, 0) is 4.79 Å². The minimum Gasteiger partial charge on any atom is -0.454 e. The number of carbonyl (C=O) groups excluding carboxylic acids is 1. The summed E-state index contributed by atoms with van der Waals surface area (Å²) in [6.07, 6.45) is 0. The summed E-state index contributed by atoms with van der Waals surface area (Å²) in [5, 5.41) is 21.5. The van der Waals surface area contributed by atoms with E-state index in [1.165, 1.54) is 28.8 Å². The first kappa shape index (κ1) is 48.2. The second-order valence-corrected chi connectivity index (χ2v) is 21.4. The van der Waals surface area contributed by atoms with Gasteiger partial charge in [-0.25, -0.2) is 0 Å². The molecule has 0 bridgehead atoms. The molecule has 7 nitrogen and oxygen atoms in total. The van der Waals surface area contributed by atoms with Crippen LogP contribution in [-0.4, -0.2) is 5.97 Å². The monoisotopic (exact) mass is 1040 g/mol. The van der Waals surface area contributed by atoms with Gasteiger partial charge in [0.25, 0.3) is 0 Å². The van der Waals surface area contributed by atoms with Gasteiger partial charge < -0.3 is 23.4 Å². The lowest BCUT2D eigenvalue weighted by atomic mass is 9.84. The average molecular weight is 1040 g/mol. The standard InChI is InChI=1S/C73H53N3O4/c1-43(2)59-40-65(75(49-31-30-48(42-74)61(38-49)46-18-8-6-9-19-46)63-26-16-24-55-51-22-12-14-28-67(51)79-72(55)63)57-35-33-54-60(44(3)4)41-66(58-36-34-53(59)70(57)71(54)58)76(64-27-17-25-56-52-23-13-15-29-68(52)80-73(56)64)50-32-37-69(78-45(5)77)62(39-50)47-20-10-7-11-21-47/h6-41,43-44H,1-5H3. The Labute approximate surface area is 463 Å². The van der Waals surface area contributed by atoms with Crippen molar-refractivity contribution >= 4 is 116 Å². The minimum absolute atomic E-state index is 0.120. The van der Waals surface area contributed by atoms with Gasteiger partial charge in [0.2, 0.25) is 0 Å². The smallest absolute Gasteiger partial charge is 0.308 e. The fourth-order valence-electron chi connectivity index (χ4n) is 12.3. The van der Waals surface area contributed by atoms with Crippen molar-refractivity contribution in [3.05, 3.63) is 235 Å². The summed E-state index contributed by atoms with van der Waals surface area (Å²) in [6.45, 7) is 10.5. The third-order valence-electron chi connectivity index (χ3n) is 15.9. The Morgan fingerprint density at radius 3 is 1.36 bits per heavy atom. The highest BCUT2D eigenvalue weighted by Gasteiger charge is 2.30. The number of carbonyl (C=O) groups is 1. The van der Waals surface area contributed by atoms with Gasteiger partial charge in [-0.05, 0) is 128 Å². The Morgan fingerprint density at radius 1 is 0.438 bits per heavy atom. The normalized spacial score (nSPS) is 11.8. The van der Waals surface area contributed by atoms with Gasteiger partial charge in [-0.1, -0.05) is 173 Å². The third kappa shape index (κ3) is 7.74. The van der Waals surface area contributed by atoms with E-state index in [-0.39, 0.29) is 11.8 Å². The zero-order valence-electron chi connectivity index (χ0n) is 44.9. The number of benzene rings is 12. The van der Waals surface area contributed by atoms with Crippen LogP contribution in [0, 0.1) is 11.3 Å². The summed E-state index contributed by atoms with van der Waals surface area (Å²) in [4.78, 5) is 17.4. The van der Waals surface area contributed by atoms with Crippen molar-refractivity contribution in [2.45, 2.75) is 46.5 Å². The van der Waals surface area contributed by atoms with Gasteiger partial charge in [0.15, 0.2) is 11.2 Å². The number of hydrogen-bond acceptors (Lipinski definition) is 7. The fourth-order valence-corrected chi connectivity index (χ4v) is 12.3. The Morgan fingerprint density at radius 2 is 0.875 bits per heavy atom. The highest BCUT2D eigenvalue weighted by molar-refractivity contribution is 6.30.